The first-order valence-corrected chi connectivity index (χ1v) is 9.90. The number of nitrogens with one attached hydrogen (secondary N) is 1. The molecule has 0 aliphatic heterocycles. The Morgan fingerprint density at radius 1 is 1.24 bits per heavy atom. The number of rotatable bonds is 4. The highest BCUT2D eigenvalue weighted by atomic mass is 16.3. The number of amides is 1. The van der Waals surface area contributed by atoms with E-state index in [0.717, 1.165) is 36.9 Å². The number of nitrogens with two attached hydrogens (primary N) is 1. The van der Waals surface area contributed by atoms with Crippen LogP contribution < -0.4 is 11.1 Å². The second-order valence-corrected chi connectivity index (χ2v) is 8.26. The minimum Gasteiger partial charge on any atom is -0.390 e. The van der Waals surface area contributed by atoms with Crippen molar-refractivity contribution < 1.29 is 9.90 Å². The Bertz CT molecular complexity index is 1020. The van der Waals surface area contributed by atoms with Crippen molar-refractivity contribution >= 4 is 17.2 Å². The van der Waals surface area contributed by atoms with Gasteiger partial charge < -0.3 is 16.2 Å². The van der Waals surface area contributed by atoms with Crippen molar-refractivity contribution in [2.24, 2.45) is 5.92 Å². The minimum absolute atomic E-state index is 0.0753. The highest BCUT2D eigenvalue weighted by molar-refractivity contribution is 6.05. The lowest BCUT2D eigenvalue weighted by atomic mass is 9.77. The zero-order valence-corrected chi connectivity index (χ0v) is 16.7. The number of hydrogen-bond donors (Lipinski definition) is 3. The average molecular weight is 394 g/mol. The third kappa shape index (κ3) is 3.80. The number of anilines is 1. The maximum absolute atomic E-state index is 13.1. The van der Waals surface area contributed by atoms with Gasteiger partial charge in [0, 0.05) is 24.0 Å². The van der Waals surface area contributed by atoms with Gasteiger partial charge in [-0.15, -0.1) is 0 Å². The summed E-state index contributed by atoms with van der Waals surface area (Å²) in [5, 5.41) is 17.7. The van der Waals surface area contributed by atoms with Gasteiger partial charge in [0.1, 0.15) is 11.8 Å². The molecular formula is C21H26N6O2. The average Bonchev–Trinajstić information content (AvgIpc) is 3.10. The third-order valence-electron chi connectivity index (χ3n) is 5.86. The van der Waals surface area contributed by atoms with Crippen molar-refractivity contribution in [3.63, 3.8) is 0 Å². The van der Waals surface area contributed by atoms with Crippen LogP contribution in [0.3, 0.4) is 0 Å². The largest absolute Gasteiger partial charge is 0.390 e. The molecule has 1 aliphatic rings. The van der Waals surface area contributed by atoms with Gasteiger partial charge in [0.15, 0.2) is 5.82 Å². The lowest BCUT2D eigenvalue weighted by Crippen LogP contribution is -2.41. The molecule has 29 heavy (non-hydrogen) atoms. The minimum atomic E-state index is -0.682. The van der Waals surface area contributed by atoms with Gasteiger partial charge in [-0.25, -0.2) is 9.50 Å². The molecule has 0 unspecified atom stereocenters. The van der Waals surface area contributed by atoms with Gasteiger partial charge in [-0.05, 0) is 63.6 Å². The fraction of sp³-hybridized carbons (Fsp3) is 0.429. The predicted octanol–water partition coefficient (Wildman–Crippen LogP) is 2.43. The van der Waals surface area contributed by atoms with E-state index in [1.165, 1.54) is 6.33 Å². The Hall–Kier alpha value is -3.00. The number of fused-ring (bicyclic) bond motifs is 1. The lowest BCUT2D eigenvalue weighted by molar-refractivity contribution is -0.00257. The summed E-state index contributed by atoms with van der Waals surface area (Å²) in [7, 11) is 0. The third-order valence-corrected chi connectivity index (χ3v) is 5.86. The van der Waals surface area contributed by atoms with E-state index >= 15 is 0 Å². The number of nitrogens with zero attached hydrogens (tertiary/aromatic N) is 4. The van der Waals surface area contributed by atoms with Crippen LogP contribution in [0, 0.1) is 5.92 Å². The second-order valence-electron chi connectivity index (χ2n) is 8.26. The van der Waals surface area contributed by atoms with Crippen LogP contribution in [0.1, 0.15) is 49.9 Å². The fourth-order valence-corrected chi connectivity index (χ4v) is 4.18. The molecule has 3 aromatic heterocycles. The number of hydrogen-bond acceptors (Lipinski definition) is 6. The Balaban J connectivity index is 1.60. The van der Waals surface area contributed by atoms with Crippen LogP contribution in [0.15, 0.2) is 36.9 Å². The lowest BCUT2D eigenvalue weighted by Gasteiger charge is -2.36. The molecule has 1 fully saturated rings. The van der Waals surface area contributed by atoms with Crippen LogP contribution >= 0.6 is 0 Å². The molecule has 152 valence electrons. The summed E-state index contributed by atoms with van der Waals surface area (Å²) in [5.74, 6) is 0.334. The van der Waals surface area contributed by atoms with E-state index in [1.54, 1.807) is 23.0 Å². The molecule has 3 heterocycles. The Morgan fingerprint density at radius 2 is 1.93 bits per heavy atom. The van der Waals surface area contributed by atoms with Gasteiger partial charge in [0.25, 0.3) is 5.91 Å². The maximum Gasteiger partial charge on any atom is 0.253 e. The number of carbonyl (C=O) groups is 1. The van der Waals surface area contributed by atoms with Gasteiger partial charge in [-0.2, -0.15) is 5.10 Å². The molecule has 1 amide bonds. The highest BCUT2D eigenvalue weighted by Gasteiger charge is 2.32. The molecule has 8 heteroatoms. The van der Waals surface area contributed by atoms with E-state index in [0.29, 0.717) is 11.1 Å². The number of aliphatic hydroxyl groups is 1. The first kappa shape index (κ1) is 19.3. The van der Waals surface area contributed by atoms with E-state index in [2.05, 4.69) is 20.4 Å². The van der Waals surface area contributed by atoms with Gasteiger partial charge in [0.2, 0.25) is 0 Å². The maximum atomic E-state index is 13.1. The fourth-order valence-electron chi connectivity index (χ4n) is 4.18. The summed E-state index contributed by atoms with van der Waals surface area (Å²) in [6.45, 7) is 3.71. The highest BCUT2D eigenvalue weighted by Crippen LogP contribution is 2.33. The van der Waals surface area contributed by atoms with Gasteiger partial charge in [-0.3, -0.25) is 9.78 Å². The zero-order valence-electron chi connectivity index (χ0n) is 16.7. The van der Waals surface area contributed by atoms with E-state index in [9.17, 15) is 9.90 Å². The summed E-state index contributed by atoms with van der Waals surface area (Å²) >= 11 is 0. The molecule has 4 N–H and O–H groups in total. The summed E-state index contributed by atoms with van der Waals surface area (Å²) < 4.78 is 1.65. The van der Waals surface area contributed by atoms with Crippen LogP contribution in [-0.2, 0) is 0 Å². The quantitative estimate of drug-likeness (QED) is 0.625. The SMILES string of the molecule is CC(C)(O)[C@H]1CC[C@H](NC(=O)c2cc(-c3ccncc3)n3ncnc(N)c23)CC1. The van der Waals surface area contributed by atoms with Crippen molar-refractivity contribution in [1.29, 1.82) is 0 Å². The monoisotopic (exact) mass is 394 g/mol. The topological polar surface area (TPSA) is 118 Å². The van der Waals surface area contributed by atoms with Crippen molar-refractivity contribution in [1.82, 2.24) is 24.9 Å². The first-order valence-electron chi connectivity index (χ1n) is 9.90. The summed E-state index contributed by atoms with van der Waals surface area (Å²) in [5.41, 5.74) is 8.02. The molecule has 3 aromatic rings. The van der Waals surface area contributed by atoms with Crippen LogP contribution in [0.2, 0.25) is 0 Å². The summed E-state index contributed by atoms with van der Waals surface area (Å²) in [4.78, 5) is 21.2. The number of pyridine rings is 1. The molecule has 0 radical (unpaired) electrons. The van der Waals surface area contributed by atoms with Crippen molar-refractivity contribution in [2.45, 2.75) is 51.2 Å². The number of carbonyl (C=O) groups excluding carboxylic acids is 1. The van der Waals surface area contributed by atoms with Crippen molar-refractivity contribution in [3.8, 4) is 11.3 Å². The Morgan fingerprint density at radius 3 is 2.59 bits per heavy atom. The second kappa shape index (κ2) is 7.44. The molecule has 0 spiro atoms. The van der Waals surface area contributed by atoms with E-state index in [4.69, 9.17) is 5.73 Å². The molecule has 0 atom stereocenters. The normalized spacial score (nSPS) is 20.0. The van der Waals surface area contributed by atoms with E-state index in [-0.39, 0.29) is 23.7 Å². The van der Waals surface area contributed by atoms with E-state index < -0.39 is 5.60 Å². The van der Waals surface area contributed by atoms with Crippen LogP contribution in [0.25, 0.3) is 16.8 Å². The van der Waals surface area contributed by atoms with Gasteiger partial charge in [-0.1, -0.05) is 0 Å². The molecular weight excluding hydrogens is 368 g/mol. The summed E-state index contributed by atoms with van der Waals surface area (Å²) in [6, 6.07) is 5.60. The predicted molar refractivity (Wildman–Crippen MR) is 110 cm³/mol. The molecule has 4 rings (SSSR count). The summed E-state index contributed by atoms with van der Waals surface area (Å²) in [6.07, 6.45) is 8.23. The van der Waals surface area contributed by atoms with Crippen LogP contribution in [0.5, 0.6) is 0 Å². The molecule has 0 bridgehead atoms. The molecule has 1 aliphatic carbocycles. The number of nitrogen functional groups attached to an aromatic ring is 1. The smallest absolute Gasteiger partial charge is 0.253 e. The molecule has 1 saturated carbocycles. The van der Waals surface area contributed by atoms with Crippen molar-refractivity contribution in [2.75, 3.05) is 5.73 Å². The van der Waals surface area contributed by atoms with Crippen molar-refractivity contribution in [3.05, 3.63) is 42.5 Å². The van der Waals surface area contributed by atoms with Gasteiger partial charge >= 0.3 is 0 Å². The van der Waals surface area contributed by atoms with E-state index in [1.807, 2.05) is 26.0 Å². The molecule has 8 nitrogen and oxygen atoms in total. The standard InChI is InChI=1S/C21H26N6O2/c1-21(2,29)14-3-5-15(6-4-14)26-20(28)16-11-17(13-7-9-23-10-8-13)27-18(16)19(22)24-12-25-27/h7-12,14-15,29H,3-6H2,1-2H3,(H,26,28)(H2,22,24,25)/t14-,15-. The Labute approximate surface area is 169 Å². The van der Waals surface area contributed by atoms with Crippen LogP contribution in [0.4, 0.5) is 5.82 Å². The molecule has 0 saturated heterocycles. The number of aromatic nitrogens is 4. The molecule has 0 aromatic carbocycles. The first-order chi connectivity index (χ1) is 13.8. The Kier molecular flexibility index (Phi) is 4.96. The zero-order chi connectivity index (χ0) is 20.6. The van der Waals surface area contributed by atoms with Crippen LogP contribution in [-0.4, -0.2) is 42.2 Å². The van der Waals surface area contributed by atoms with Gasteiger partial charge in [0.05, 0.1) is 16.9 Å².